The van der Waals surface area contributed by atoms with Crippen LogP contribution in [0.1, 0.15) is 44.9 Å². The maximum atomic E-state index is 11.4. The van der Waals surface area contributed by atoms with Crippen molar-refractivity contribution in [1.29, 1.82) is 0 Å². The van der Waals surface area contributed by atoms with Gasteiger partial charge in [0.05, 0.1) is 6.17 Å². The molecule has 104 valence electrons. The molecule has 1 fully saturated rings. The molecule has 0 spiro atoms. The first-order valence-electron chi connectivity index (χ1n) is 6.61. The zero-order chi connectivity index (χ0) is 13.4. The van der Waals surface area contributed by atoms with Crippen LogP contribution in [-0.2, 0) is 9.59 Å². The molecule has 0 bridgehead atoms. The average Bonchev–Trinajstić information content (AvgIpc) is 2.52. The molecule has 1 rings (SSSR count). The van der Waals surface area contributed by atoms with Crippen LogP contribution in [0.5, 0.6) is 0 Å². The minimum absolute atomic E-state index is 0.00361. The second-order valence-corrected chi connectivity index (χ2v) is 4.71. The van der Waals surface area contributed by atoms with E-state index in [1.807, 2.05) is 0 Å². The van der Waals surface area contributed by atoms with Gasteiger partial charge in [-0.2, -0.15) is 0 Å². The predicted molar refractivity (Wildman–Crippen MR) is 67.9 cm³/mol. The number of aliphatic carboxylic acids is 1. The molecule has 0 aliphatic carbocycles. The molecule has 1 saturated heterocycles. The highest BCUT2D eigenvalue weighted by Crippen LogP contribution is 2.10. The quantitative estimate of drug-likeness (QED) is 0.487. The molecule has 0 aromatic carbocycles. The summed E-state index contributed by atoms with van der Waals surface area (Å²) >= 11 is 0. The summed E-state index contributed by atoms with van der Waals surface area (Å²) in [7, 11) is 0. The molecule has 1 aliphatic rings. The lowest BCUT2D eigenvalue weighted by molar-refractivity contribution is -0.140. The Hall–Kier alpha value is -1.14. The number of carbonyl (C=O) groups is 2. The number of amides is 1. The molecule has 6 heteroatoms. The fourth-order valence-electron chi connectivity index (χ4n) is 2.11. The van der Waals surface area contributed by atoms with E-state index in [9.17, 15) is 9.59 Å². The molecule has 0 radical (unpaired) electrons. The summed E-state index contributed by atoms with van der Waals surface area (Å²) in [4.78, 5) is 22.5. The second-order valence-electron chi connectivity index (χ2n) is 4.71. The number of rotatable bonds is 7. The third kappa shape index (κ3) is 5.46. The monoisotopic (exact) mass is 257 g/mol. The van der Waals surface area contributed by atoms with Gasteiger partial charge in [0.2, 0.25) is 5.91 Å². The molecule has 0 saturated carbocycles. The Kier molecular flexibility index (Phi) is 6.67. The van der Waals surface area contributed by atoms with E-state index in [0.29, 0.717) is 19.4 Å². The van der Waals surface area contributed by atoms with Gasteiger partial charge in [-0.25, -0.2) is 0 Å². The van der Waals surface area contributed by atoms with E-state index < -0.39 is 12.0 Å². The second kappa shape index (κ2) is 8.05. The average molecular weight is 257 g/mol. The Labute approximate surface area is 107 Å². The predicted octanol–water partition coefficient (Wildman–Crippen LogP) is 0.175. The molecule has 1 heterocycles. The van der Waals surface area contributed by atoms with Crippen LogP contribution < -0.4 is 16.4 Å². The maximum Gasteiger partial charge on any atom is 0.320 e. The minimum atomic E-state index is -0.870. The number of carboxylic acid groups (broad SMARTS) is 1. The third-order valence-electron chi connectivity index (χ3n) is 3.13. The van der Waals surface area contributed by atoms with Crippen molar-refractivity contribution in [2.75, 3.05) is 6.54 Å². The highest BCUT2D eigenvalue weighted by atomic mass is 16.4. The van der Waals surface area contributed by atoms with Gasteiger partial charge >= 0.3 is 5.97 Å². The molecular weight excluding hydrogens is 234 g/mol. The summed E-state index contributed by atoms with van der Waals surface area (Å²) in [6.07, 6.45) is 5.04. The van der Waals surface area contributed by atoms with Crippen molar-refractivity contribution in [3.05, 3.63) is 0 Å². The Bertz CT molecular complexity index is 284. The first-order valence-corrected chi connectivity index (χ1v) is 6.61. The smallest absolute Gasteiger partial charge is 0.320 e. The molecule has 5 N–H and O–H groups in total. The number of nitrogens with one attached hydrogen (secondary N) is 2. The van der Waals surface area contributed by atoms with Gasteiger partial charge in [0.1, 0.15) is 6.04 Å². The van der Waals surface area contributed by atoms with Gasteiger partial charge in [-0.15, -0.1) is 0 Å². The van der Waals surface area contributed by atoms with Crippen LogP contribution in [0.2, 0.25) is 0 Å². The SMILES string of the molecule is NCCCC[C@H](NC1CCCCC(=O)N1)C(=O)O. The minimum Gasteiger partial charge on any atom is -0.480 e. The summed E-state index contributed by atoms with van der Waals surface area (Å²) in [5, 5.41) is 15.0. The lowest BCUT2D eigenvalue weighted by atomic mass is 10.1. The van der Waals surface area contributed by atoms with Crippen LogP contribution in [0, 0.1) is 0 Å². The zero-order valence-corrected chi connectivity index (χ0v) is 10.7. The van der Waals surface area contributed by atoms with Gasteiger partial charge < -0.3 is 16.2 Å². The number of nitrogens with two attached hydrogens (primary N) is 1. The van der Waals surface area contributed by atoms with E-state index in [1.54, 1.807) is 0 Å². The van der Waals surface area contributed by atoms with E-state index in [0.717, 1.165) is 32.1 Å². The fourth-order valence-corrected chi connectivity index (χ4v) is 2.11. The van der Waals surface area contributed by atoms with E-state index in [2.05, 4.69) is 10.6 Å². The summed E-state index contributed by atoms with van der Waals surface area (Å²) in [6, 6.07) is -0.611. The van der Waals surface area contributed by atoms with Crippen molar-refractivity contribution in [1.82, 2.24) is 10.6 Å². The summed E-state index contributed by atoms with van der Waals surface area (Å²) < 4.78 is 0. The maximum absolute atomic E-state index is 11.4. The molecule has 2 atom stereocenters. The molecule has 6 nitrogen and oxygen atoms in total. The lowest BCUT2D eigenvalue weighted by Gasteiger charge is -2.22. The van der Waals surface area contributed by atoms with Gasteiger partial charge in [0.15, 0.2) is 0 Å². The number of hydrogen-bond acceptors (Lipinski definition) is 4. The fraction of sp³-hybridized carbons (Fsp3) is 0.833. The largest absolute Gasteiger partial charge is 0.480 e. The molecule has 0 aromatic heterocycles. The highest BCUT2D eigenvalue weighted by molar-refractivity contribution is 5.77. The van der Waals surface area contributed by atoms with Crippen molar-refractivity contribution in [3.63, 3.8) is 0 Å². The number of unbranched alkanes of at least 4 members (excludes halogenated alkanes) is 1. The zero-order valence-electron chi connectivity index (χ0n) is 10.7. The Morgan fingerprint density at radius 1 is 1.50 bits per heavy atom. The molecule has 1 amide bonds. The molecule has 1 aliphatic heterocycles. The number of carboxylic acids is 1. The molecule has 0 aromatic rings. The van der Waals surface area contributed by atoms with Crippen LogP contribution in [0.15, 0.2) is 0 Å². The lowest BCUT2D eigenvalue weighted by Crippen LogP contribution is -2.51. The topological polar surface area (TPSA) is 104 Å². The van der Waals surface area contributed by atoms with Crippen molar-refractivity contribution in [2.45, 2.75) is 57.2 Å². The highest BCUT2D eigenvalue weighted by Gasteiger charge is 2.23. The van der Waals surface area contributed by atoms with E-state index in [1.165, 1.54) is 0 Å². The van der Waals surface area contributed by atoms with Crippen LogP contribution in [0.4, 0.5) is 0 Å². The van der Waals surface area contributed by atoms with E-state index in [-0.39, 0.29) is 12.1 Å². The van der Waals surface area contributed by atoms with Gasteiger partial charge in [-0.05, 0) is 38.6 Å². The molecule has 18 heavy (non-hydrogen) atoms. The van der Waals surface area contributed by atoms with Gasteiger partial charge in [-0.3, -0.25) is 14.9 Å². The standard InChI is InChI=1S/C12H23N3O3/c13-8-4-3-5-9(12(17)18)14-10-6-1-2-7-11(16)15-10/h9-10,14H,1-8,13H2,(H,15,16)(H,17,18)/t9-,10?/m0/s1. The third-order valence-corrected chi connectivity index (χ3v) is 3.13. The first kappa shape index (κ1) is 14.9. The summed E-state index contributed by atoms with van der Waals surface area (Å²) in [6.45, 7) is 0.576. The van der Waals surface area contributed by atoms with E-state index >= 15 is 0 Å². The van der Waals surface area contributed by atoms with Crippen LogP contribution in [0.25, 0.3) is 0 Å². The van der Waals surface area contributed by atoms with Gasteiger partial charge in [0, 0.05) is 6.42 Å². The number of hydrogen-bond donors (Lipinski definition) is 4. The van der Waals surface area contributed by atoms with Crippen LogP contribution in [0.3, 0.4) is 0 Å². The Morgan fingerprint density at radius 3 is 2.94 bits per heavy atom. The Morgan fingerprint density at radius 2 is 2.28 bits per heavy atom. The number of carbonyl (C=O) groups excluding carboxylic acids is 1. The van der Waals surface area contributed by atoms with Crippen molar-refractivity contribution < 1.29 is 14.7 Å². The van der Waals surface area contributed by atoms with Gasteiger partial charge in [-0.1, -0.05) is 6.42 Å². The van der Waals surface area contributed by atoms with Gasteiger partial charge in [0.25, 0.3) is 0 Å². The normalized spacial score (nSPS) is 22.1. The van der Waals surface area contributed by atoms with Crippen molar-refractivity contribution >= 4 is 11.9 Å². The Balaban J connectivity index is 2.43. The van der Waals surface area contributed by atoms with E-state index in [4.69, 9.17) is 10.8 Å². The molecule has 1 unspecified atom stereocenters. The van der Waals surface area contributed by atoms with Crippen LogP contribution >= 0.6 is 0 Å². The molecular formula is C12H23N3O3. The summed E-state index contributed by atoms with van der Waals surface area (Å²) in [5.41, 5.74) is 5.39. The van der Waals surface area contributed by atoms with Crippen molar-refractivity contribution in [3.8, 4) is 0 Å². The summed E-state index contributed by atoms with van der Waals surface area (Å²) in [5.74, 6) is -0.874. The van der Waals surface area contributed by atoms with Crippen LogP contribution in [-0.4, -0.2) is 35.7 Å². The first-order chi connectivity index (χ1) is 8.63. The van der Waals surface area contributed by atoms with Crippen molar-refractivity contribution in [2.24, 2.45) is 5.73 Å².